The predicted octanol–water partition coefficient (Wildman–Crippen LogP) is 18.5. The lowest BCUT2D eigenvalue weighted by molar-refractivity contribution is -0.167. The van der Waals surface area contributed by atoms with Crippen molar-refractivity contribution in [3.8, 4) is 0 Å². The van der Waals surface area contributed by atoms with Gasteiger partial charge in [-0.25, -0.2) is 0 Å². The van der Waals surface area contributed by atoms with E-state index in [-0.39, 0.29) is 31.1 Å². The van der Waals surface area contributed by atoms with Crippen LogP contribution in [0.1, 0.15) is 297 Å². The normalized spacial score (nSPS) is 12.2. The molecule has 0 spiro atoms. The molecule has 6 heteroatoms. The molecule has 0 aromatic carbocycles. The van der Waals surface area contributed by atoms with E-state index in [1.807, 2.05) is 0 Å². The van der Waals surface area contributed by atoms with E-state index in [0.29, 0.717) is 19.3 Å². The molecule has 0 amide bonds. The first-order chi connectivity index (χ1) is 31.5. The first kappa shape index (κ1) is 61.6. The molecule has 0 aliphatic heterocycles. The summed E-state index contributed by atoms with van der Waals surface area (Å²) in [7, 11) is 0. The monoisotopic (exact) mass is 899 g/mol. The average molecular weight is 899 g/mol. The van der Waals surface area contributed by atoms with E-state index in [2.05, 4.69) is 57.2 Å². The van der Waals surface area contributed by atoms with Crippen molar-refractivity contribution in [2.75, 3.05) is 13.2 Å². The van der Waals surface area contributed by atoms with E-state index in [1.165, 1.54) is 186 Å². The molecule has 0 aromatic heterocycles. The lowest BCUT2D eigenvalue weighted by atomic mass is 10.1. The van der Waals surface area contributed by atoms with Crippen LogP contribution in [-0.2, 0) is 28.6 Å². The predicted molar refractivity (Wildman–Crippen MR) is 275 cm³/mol. The molecule has 0 aliphatic rings. The van der Waals surface area contributed by atoms with Gasteiger partial charge < -0.3 is 14.2 Å². The molecule has 0 bridgehead atoms. The molecule has 6 nitrogen and oxygen atoms in total. The van der Waals surface area contributed by atoms with Crippen molar-refractivity contribution >= 4 is 17.9 Å². The van der Waals surface area contributed by atoms with Crippen LogP contribution in [0.3, 0.4) is 0 Å². The van der Waals surface area contributed by atoms with Crippen molar-refractivity contribution in [3.63, 3.8) is 0 Å². The number of hydrogen-bond acceptors (Lipinski definition) is 6. The number of esters is 3. The topological polar surface area (TPSA) is 78.9 Å². The second kappa shape index (κ2) is 53.2. The molecule has 0 aliphatic carbocycles. The van der Waals surface area contributed by atoms with Gasteiger partial charge in [0.15, 0.2) is 6.10 Å². The molecular formula is C58H106O6. The molecule has 1 unspecified atom stereocenters. The summed E-state index contributed by atoms with van der Waals surface area (Å²) in [5.41, 5.74) is 0. The largest absolute Gasteiger partial charge is 0.462 e. The Bertz CT molecular complexity index is 1080. The van der Waals surface area contributed by atoms with Crippen molar-refractivity contribution in [2.24, 2.45) is 0 Å². The van der Waals surface area contributed by atoms with Gasteiger partial charge in [-0.3, -0.25) is 14.4 Å². The van der Waals surface area contributed by atoms with Gasteiger partial charge in [0.2, 0.25) is 0 Å². The third-order valence-corrected chi connectivity index (χ3v) is 12.3. The summed E-state index contributed by atoms with van der Waals surface area (Å²) >= 11 is 0. The maximum Gasteiger partial charge on any atom is 0.306 e. The van der Waals surface area contributed by atoms with E-state index in [1.54, 1.807) is 0 Å². The molecule has 0 rings (SSSR count). The maximum atomic E-state index is 12.8. The zero-order valence-corrected chi connectivity index (χ0v) is 42.8. The van der Waals surface area contributed by atoms with Gasteiger partial charge in [-0.15, -0.1) is 0 Å². The number of unbranched alkanes of at least 4 members (excludes halogenated alkanes) is 34. The van der Waals surface area contributed by atoms with Crippen molar-refractivity contribution in [2.45, 2.75) is 303 Å². The van der Waals surface area contributed by atoms with Gasteiger partial charge in [0.05, 0.1) is 0 Å². The van der Waals surface area contributed by atoms with Gasteiger partial charge in [0.25, 0.3) is 0 Å². The lowest BCUT2D eigenvalue weighted by Gasteiger charge is -2.18. The van der Waals surface area contributed by atoms with E-state index in [9.17, 15) is 14.4 Å². The maximum absolute atomic E-state index is 12.8. The highest BCUT2D eigenvalue weighted by Crippen LogP contribution is 2.15. The second-order valence-corrected chi connectivity index (χ2v) is 18.8. The van der Waals surface area contributed by atoms with Gasteiger partial charge >= 0.3 is 17.9 Å². The minimum Gasteiger partial charge on any atom is -0.462 e. The molecule has 0 aromatic rings. The summed E-state index contributed by atoms with van der Waals surface area (Å²) in [5.74, 6) is -0.887. The van der Waals surface area contributed by atoms with Gasteiger partial charge in [0, 0.05) is 19.3 Å². The fourth-order valence-corrected chi connectivity index (χ4v) is 8.07. The van der Waals surface area contributed by atoms with Gasteiger partial charge in [-0.1, -0.05) is 218 Å². The minimum atomic E-state index is -0.779. The molecule has 0 radical (unpaired) electrons. The van der Waals surface area contributed by atoms with Crippen LogP contribution < -0.4 is 0 Å². The van der Waals surface area contributed by atoms with Crippen LogP contribution in [0.2, 0.25) is 0 Å². The van der Waals surface area contributed by atoms with Gasteiger partial charge in [0.1, 0.15) is 13.2 Å². The first-order valence-corrected chi connectivity index (χ1v) is 28.0. The van der Waals surface area contributed by atoms with Crippen LogP contribution in [0, 0.1) is 0 Å². The van der Waals surface area contributed by atoms with Crippen LogP contribution in [0.5, 0.6) is 0 Å². The van der Waals surface area contributed by atoms with Crippen molar-refractivity contribution in [1.29, 1.82) is 0 Å². The SMILES string of the molecule is CCCCCC/C=C\CCCCCCCC(=O)OCC(COC(=O)CCCCCCCCC/C=C\CCCCCCCC)OC(=O)CCCCCCC/C=C\CCCCCCCCC. The Morgan fingerprint density at radius 2 is 0.516 bits per heavy atom. The summed E-state index contributed by atoms with van der Waals surface area (Å²) < 4.78 is 16.8. The molecule has 0 saturated carbocycles. The number of ether oxygens (including phenoxy) is 3. The molecule has 0 N–H and O–H groups in total. The fourth-order valence-electron chi connectivity index (χ4n) is 8.07. The van der Waals surface area contributed by atoms with E-state index >= 15 is 0 Å². The molecule has 1 atom stereocenters. The molecule has 0 saturated heterocycles. The quantitative estimate of drug-likeness (QED) is 0.0262. The molecule has 64 heavy (non-hydrogen) atoms. The average Bonchev–Trinajstić information content (AvgIpc) is 3.29. The number of carbonyl (C=O) groups is 3. The standard InChI is InChI=1S/C58H106O6/c1-4-7-10-13-16-19-22-25-27-29-31-33-36-39-42-45-48-51-57(60)63-54-55(53-62-56(59)50-47-44-41-38-35-32-24-21-18-15-12-9-6-3)64-58(61)52-49-46-43-40-37-34-30-28-26-23-20-17-14-11-8-5-2/h21,24-25,27-28,30,55H,4-20,22-23,26,29,31-54H2,1-3H3/b24-21-,27-25-,30-28-. The number of allylic oxidation sites excluding steroid dienone is 6. The summed E-state index contributed by atoms with van der Waals surface area (Å²) in [6.45, 7) is 6.63. The van der Waals surface area contributed by atoms with E-state index in [0.717, 1.165) is 70.6 Å². The van der Waals surface area contributed by atoms with Gasteiger partial charge in [-0.05, 0) is 96.3 Å². The van der Waals surface area contributed by atoms with E-state index in [4.69, 9.17) is 14.2 Å². The van der Waals surface area contributed by atoms with Crippen molar-refractivity contribution in [3.05, 3.63) is 36.5 Å². The summed E-state index contributed by atoms with van der Waals surface area (Å²) in [6.07, 6.45) is 62.7. The lowest BCUT2D eigenvalue weighted by Crippen LogP contribution is -2.30. The number of carbonyl (C=O) groups excluding carboxylic acids is 3. The Hall–Kier alpha value is -2.37. The smallest absolute Gasteiger partial charge is 0.306 e. The van der Waals surface area contributed by atoms with Crippen LogP contribution in [-0.4, -0.2) is 37.2 Å². The Balaban J connectivity index is 4.37. The minimum absolute atomic E-state index is 0.0785. The van der Waals surface area contributed by atoms with E-state index < -0.39 is 6.10 Å². The Kier molecular flexibility index (Phi) is 51.3. The fraction of sp³-hybridized carbons (Fsp3) is 0.845. The third-order valence-electron chi connectivity index (χ3n) is 12.3. The third kappa shape index (κ3) is 50.6. The molecule has 374 valence electrons. The molecular weight excluding hydrogens is 793 g/mol. The Labute approximate surface area is 397 Å². The van der Waals surface area contributed by atoms with Crippen molar-refractivity contribution in [1.82, 2.24) is 0 Å². The molecule has 0 fully saturated rings. The van der Waals surface area contributed by atoms with Gasteiger partial charge in [-0.2, -0.15) is 0 Å². The zero-order chi connectivity index (χ0) is 46.5. The molecule has 0 heterocycles. The highest BCUT2D eigenvalue weighted by atomic mass is 16.6. The van der Waals surface area contributed by atoms with Crippen LogP contribution in [0.4, 0.5) is 0 Å². The van der Waals surface area contributed by atoms with Crippen LogP contribution >= 0.6 is 0 Å². The Morgan fingerprint density at radius 3 is 0.797 bits per heavy atom. The second-order valence-electron chi connectivity index (χ2n) is 18.8. The zero-order valence-electron chi connectivity index (χ0n) is 42.8. The van der Waals surface area contributed by atoms with Crippen LogP contribution in [0.15, 0.2) is 36.5 Å². The Morgan fingerprint density at radius 1 is 0.297 bits per heavy atom. The number of rotatable bonds is 51. The van der Waals surface area contributed by atoms with Crippen molar-refractivity contribution < 1.29 is 28.6 Å². The first-order valence-electron chi connectivity index (χ1n) is 28.0. The highest BCUT2D eigenvalue weighted by molar-refractivity contribution is 5.71. The number of hydrogen-bond donors (Lipinski definition) is 0. The van der Waals surface area contributed by atoms with Crippen LogP contribution in [0.25, 0.3) is 0 Å². The summed E-state index contributed by atoms with van der Waals surface area (Å²) in [5, 5.41) is 0. The highest BCUT2D eigenvalue weighted by Gasteiger charge is 2.19. The summed E-state index contributed by atoms with van der Waals surface area (Å²) in [6, 6.07) is 0. The summed E-state index contributed by atoms with van der Waals surface area (Å²) in [4.78, 5) is 38.1.